The van der Waals surface area contributed by atoms with Gasteiger partial charge in [0.2, 0.25) is 0 Å². The Morgan fingerprint density at radius 3 is 2.41 bits per heavy atom. The van der Waals surface area contributed by atoms with Gasteiger partial charge in [-0.25, -0.2) is 9.78 Å². The zero-order valence-corrected chi connectivity index (χ0v) is 20.7. The summed E-state index contributed by atoms with van der Waals surface area (Å²) in [7, 11) is 0. The van der Waals surface area contributed by atoms with Crippen LogP contribution in [0.25, 0.3) is 22.2 Å². The van der Waals surface area contributed by atoms with Crippen LogP contribution in [-0.4, -0.2) is 23.5 Å². The average molecular weight is 473 g/mol. The number of aromatic nitrogens is 1. The van der Waals surface area contributed by atoms with Crippen molar-refractivity contribution < 1.29 is 14.3 Å². The molecule has 0 saturated carbocycles. The molecule has 2 aromatic heterocycles. The third-order valence-electron chi connectivity index (χ3n) is 5.89. The van der Waals surface area contributed by atoms with Crippen LogP contribution in [0, 0.1) is 6.92 Å². The summed E-state index contributed by atoms with van der Waals surface area (Å²) in [4.78, 5) is 32.1. The first kappa shape index (κ1) is 23.6. The Bertz CT molecular complexity index is 1360. The van der Waals surface area contributed by atoms with Gasteiger partial charge in [0.25, 0.3) is 5.91 Å². The molecule has 0 aliphatic carbocycles. The number of aryl methyl sites for hydroxylation is 2. The minimum absolute atomic E-state index is 0.277. The minimum atomic E-state index is -0.407. The lowest BCUT2D eigenvalue weighted by Gasteiger charge is -2.12. The second-order valence-electron chi connectivity index (χ2n) is 7.99. The lowest BCUT2D eigenvalue weighted by molar-refractivity contribution is 0.0527. The molecule has 0 saturated heterocycles. The van der Waals surface area contributed by atoms with Crippen LogP contribution in [0.15, 0.2) is 54.6 Å². The number of anilines is 1. The van der Waals surface area contributed by atoms with Gasteiger partial charge >= 0.3 is 5.97 Å². The molecular weight excluding hydrogens is 444 g/mol. The number of rotatable bonds is 7. The van der Waals surface area contributed by atoms with Crippen molar-refractivity contribution in [2.24, 2.45) is 0 Å². The van der Waals surface area contributed by atoms with Crippen molar-refractivity contribution in [2.75, 3.05) is 11.9 Å². The number of esters is 1. The van der Waals surface area contributed by atoms with E-state index in [1.165, 1.54) is 16.9 Å². The molecule has 0 unspecified atom stereocenters. The molecule has 0 radical (unpaired) electrons. The van der Waals surface area contributed by atoms with Gasteiger partial charge in [-0.2, -0.15) is 0 Å². The van der Waals surface area contributed by atoms with Gasteiger partial charge in [0, 0.05) is 15.8 Å². The lowest BCUT2D eigenvalue weighted by Crippen LogP contribution is -2.16. The molecule has 0 aliphatic heterocycles. The SMILES string of the molecule is CCOC(=O)c1c(NC(=O)c2cc(-c3ccc(CC)cc3)nc3ccccc23)sc(C)c1CC. The predicted molar refractivity (Wildman–Crippen MR) is 139 cm³/mol. The molecule has 4 aromatic rings. The van der Waals surface area contributed by atoms with Crippen molar-refractivity contribution >= 4 is 39.1 Å². The number of fused-ring (bicyclic) bond motifs is 1. The first-order valence-corrected chi connectivity index (χ1v) is 12.4. The maximum Gasteiger partial charge on any atom is 0.341 e. The van der Waals surface area contributed by atoms with E-state index in [9.17, 15) is 9.59 Å². The normalized spacial score (nSPS) is 10.9. The molecule has 174 valence electrons. The summed E-state index contributed by atoms with van der Waals surface area (Å²) >= 11 is 1.40. The highest BCUT2D eigenvalue weighted by Gasteiger charge is 2.24. The number of amides is 1. The van der Waals surface area contributed by atoms with Gasteiger partial charge in [0.15, 0.2) is 0 Å². The van der Waals surface area contributed by atoms with E-state index in [0.29, 0.717) is 22.5 Å². The van der Waals surface area contributed by atoms with Crippen LogP contribution in [0.1, 0.15) is 57.5 Å². The molecule has 0 fully saturated rings. The van der Waals surface area contributed by atoms with E-state index < -0.39 is 5.97 Å². The summed E-state index contributed by atoms with van der Waals surface area (Å²) in [5.74, 6) is -0.685. The smallest absolute Gasteiger partial charge is 0.341 e. The van der Waals surface area contributed by atoms with Crippen molar-refractivity contribution in [3.05, 3.63) is 81.7 Å². The Kier molecular flexibility index (Phi) is 7.08. The number of nitrogens with one attached hydrogen (secondary N) is 1. The van der Waals surface area contributed by atoms with E-state index in [-0.39, 0.29) is 12.5 Å². The number of carbonyl (C=O) groups excluding carboxylic acids is 2. The minimum Gasteiger partial charge on any atom is -0.462 e. The number of para-hydroxylation sites is 1. The maximum absolute atomic E-state index is 13.6. The van der Waals surface area contributed by atoms with Crippen molar-refractivity contribution in [2.45, 2.75) is 40.5 Å². The number of thiophene rings is 1. The number of pyridine rings is 1. The number of hydrogen-bond donors (Lipinski definition) is 1. The highest BCUT2D eigenvalue weighted by molar-refractivity contribution is 7.16. The summed E-state index contributed by atoms with van der Waals surface area (Å²) in [5, 5.41) is 4.28. The molecule has 2 heterocycles. The van der Waals surface area contributed by atoms with Crippen LogP contribution in [0.5, 0.6) is 0 Å². The van der Waals surface area contributed by atoms with E-state index in [1.54, 1.807) is 6.92 Å². The zero-order chi connectivity index (χ0) is 24.2. The fraction of sp³-hybridized carbons (Fsp3) is 0.250. The Morgan fingerprint density at radius 1 is 1.00 bits per heavy atom. The molecule has 1 N–H and O–H groups in total. The van der Waals surface area contributed by atoms with E-state index in [0.717, 1.165) is 39.0 Å². The van der Waals surface area contributed by atoms with Gasteiger partial charge in [-0.3, -0.25) is 4.79 Å². The molecule has 0 aliphatic rings. The summed E-state index contributed by atoms with van der Waals surface area (Å²) in [6.45, 7) is 8.13. The number of nitrogens with zero attached hydrogens (tertiary/aromatic N) is 1. The molecular formula is C28H28N2O3S. The van der Waals surface area contributed by atoms with Crippen LogP contribution in [0.4, 0.5) is 5.00 Å². The highest BCUT2D eigenvalue weighted by Crippen LogP contribution is 2.35. The fourth-order valence-electron chi connectivity index (χ4n) is 4.10. The number of carbonyl (C=O) groups is 2. The van der Waals surface area contributed by atoms with Gasteiger partial charge < -0.3 is 10.1 Å². The maximum atomic E-state index is 13.6. The molecule has 4 rings (SSSR count). The zero-order valence-electron chi connectivity index (χ0n) is 19.9. The third-order valence-corrected chi connectivity index (χ3v) is 6.95. The Hall–Kier alpha value is -3.51. The molecule has 0 spiro atoms. The van der Waals surface area contributed by atoms with E-state index >= 15 is 0 Å². The van der Waals surface area contributed by atoms with E-state index in [2.05, 4.69) is 24.4 Å². The first-order valence-electron chi connectivity index (χ1n) is 11.6. The molecule has 1 amide bonds. The van der Waals surface area contributed by atoms with Gasteiger partial charge in [0.1, 0.15) is 5.00 Å². The largest absolute Gasteiger partial charge is 0.462 e. The van der Waals surface area contributed by atoms with Crippen LogP contribution < -0.4 is 5.32 Å². The summed E-state index contributed by atoms with van der Waals surface area (Å²) in [6.07, 6.45) is 1.64. The predicted octanol–water partition coefficient (Wildman–Crippen LogP) is 6.83. The summed E-state index contributed by atoms with van der Waals surface area (Å²) in [6, 6.07) is 17.7. The van der Waals surface area contributed by atoms with Crippen LogP contribution >= 0.6 is 11.3 Å². The molecule has 0 bridgehead atoms. The highest BCUT2D eigenvalue weighted by atomic mass is 32.1. The molecule has 0 atom stereocenters. The second kappa shape index (κ2) is 10.2. The van der Waals surface area contributed by atoms with Gasteiger partial charge in [-0.15, -0.1) is 11.3 Å². The number of benzene rings is 2. The molecule has 6 heteroatoms. The standard InChI is InChI=1S/C28H28N2O3S/c1-5-18-12-14-19(15-13-18)24-16-22(21-10-8-9-11-23(21)29-24)26(31)30-27-25(28(32)33-7-3)20(6-2)17(4)34-27/h8-16H,5-7H2,1-4H3,(H,30,31). The quantitative estimate of drug-likeness (QED) is 0.300. The third kappa shape index (κ3) is 4.59. The molecule has 34 heavy (non-hydrogen) atoms. The monoisotopic (exact) mass is 472 g/mol. The lowest BCUT2D eigenvalue weighted by atomic mass is 10.0. The summed E-state index contributed by atoms with van der Waals surface area (Å²) < 4.78 is 5.28. The Labute approximate surface area is 203 Å². The molecule has 5 nitrogen and oxygen atoms in total. The van der Waals surface area contributed by atoms with Crippen LogP contribution in [0.3, 0.4) is 0 Å². The van der Waals surface area contributed by atoms with E-state index in [4.69, 9.17) is 9.72 Å². The van der Waals surface area contributed by atoms with E-state index in [1.807, 2.05) is 56.3 Å². The van der Waals surface area contributed by atoms with Crippen LogP contribution in [-0.2, 0) is 17.6 Å². The summed E-state index contributed by atoms with van der Waals surface area (Å²) in [5.41, 5.74) is 5.54. The molecule has 2 aromatic carbocycles. The first-order chi connectivity index (χ1) is 16.5. The topological polar surface area (TPSA) is 68.3 Å². The second-order valence-corrected chi connectivity index (χ2v) is 9.22. The van der Waals surface area contributed by atoms with Gasteiger partial charge in [-0.05, 0) is 49.9 Å². The van der Waals surface area contributed by atoms with Gasteiger partial charge in [-0.1, -0.05) is 56.3 Å². The Morgan fingerprint density at radius 2 is 1.74 bits per heavy atom. The fourth-order valence-corrected chi connectivity index (χ4v) is 5.23. The Balaban J connectivity index is 1.78. The number of ether oxygens (including phenoxy) is 1. The van der Waals surface area contributed by atoms with Crippen molar-refractivity contribution in [3.63, 3.8) is 0 Å². The van der Waals surface area contributed by atoms with Crippen LogP contribution in [0.2, 0.25) is 0 Å². The van der Waals surface area contributed by atoms with Crippen molar-refractivity contribution in [1.29, 1.82) is 0 Å². The number of hydrogen-bond acceptors (Lipinski definition) is 5. The van der Waals surface area contributed by atoms with Crippen molar-refractivity contribution in [1.82, 2.24) is 4.98 Å². The average Bonchev–Trinajstić information content (AvgIpc) is 3.17. The van der Waals surface area contributed by atoms with Crippen molar-refractivity contribution in [3.8, 4) is 11.3 Å². The van der Waals surface area contributed by atoms with Gasteiger partial charge in [0.05, 0.1) is 28.9 Å².